The highest BCUT2D eigenvalue weighted by Gasteiger charge is 2.26. The molecule has 168 valence electrons. The molecule has 2 aromatic heterocycles. The molecule has 32 heavy (non-hydrogen) atoms. The molecule has 0 radical (unpaired) electrons. The number of hydrogen-bond donors (Lipinski definition) is 0. The van der Waals surface area contributed by atoms with Gasteiger partial charge in [-0.25, -0.2) is 18.9 Å². The van der Waals surface area contributed by atoms with Crippen LogP contribution in [0.1, 0.15) is 11.9 Å². The number of aryl methyl sites for hydroxylation is 1. The van der Waals surface area contributed by atoms with Crippen molar-refractivity contribution in [3.63, 3.8) is 0 Å². The van der Waals surface area contributed by atoms with Gasteiger partial charge in [0.15, 0.2) is 5.52 Å². The van der Waals surface area contributed by atoms with Crippen molar-refractivity contribution in [2.24, 2.45) is 0 Å². The first kappa shape index (κ1) is 21.9. The SMILES string of the molecule is CCOC(=O)N1CCN(C(=O)Cn2nc(-c3ccc(F)cc3)c3sc(C)nc3c2=O)CC1. The third-order valence-corrected chi connectivity index (χ3v) is 6.15. The van der Waals surface area contributed by atoms with Gasteiger partial charge in [0.05, 0.1) is 16.3 Å². The summed E-state index contributed by atoms with van der Waals surface area (Å²) in [4.78, 5) is 45.2. The minimum absolute atomic E-state index is 0.238. The fourth-order valence-corrected chi connectivity index (χ4v) is 4.47. The number of nitrogens with zero attached hydrogens (tertiary/aromatic N) is 5. The molecule has 9 nitrogen and oxygen atoms in total. The van der Waals surface area contributed by atoms with Gasteiger partial charge in [-0.15, -0.1) is 11.3 Å². The van der Waals surface area contributed by atoms with Crippen LogP contribution < -0.4 is 5.56 Å². The Hall–Kier alpha value is -3.34. The fraction of sp³-hybridized carbons (Fsp3) is 0.381. The number of ether oxygens (including phenoxy) is 1. The van der Waals surface area contributed by atoms with Gasteiger partial charge in [-0.05, 0) is 38.1 Å². The number of rotatable bonds is 4. The van der Waals surface area contributed by atoms with Gasteiger partial charge in [-0.2, -0.15) is 5.10 Å². The van der Waals surface area contributed by atoms with Gasteiger partial charge in [-0.3, -0.25) is 9.59 Å². The number of fused-ring (bicyclic) bond motifs is 1. The minimum atomic E-state index is -0.450. The predicted molar refractivity (Wildman–Crippen MR) is 117 cm³/mol. The van der Waals surface area contributed by atoms with Crippen LogP contribution in [0.5, 0.6) is 0 Å². The van der Waals surface area contributed by atoms with Crippen molar-refractivity contribution in [3.8, 4) is 11.3 Å². The number of hydrogen-bond acceptors (Lipinski definition) is 7. The maximum Gasteiger partial charge on any atom is 0.409 e. The van der Waals surface area contributed by atoms with Crippen LogP contribution in [0, 0.1) is 12.7 Å². The first-order valence-electron chi connectivity index (χ1n) is 10.2. The van der Waals surface area contributed by atoms with Crippen LogP contribution >= 0.6 is 11.3 Å². The first-order chi connectivity index (χ1) is 15.4. The molecule has 0 unspecified atom stereocenters. The second-order valence-electron chi connectivity index (χ2n) is 7.30. The number of benzene rings is 1. The van der Waals surface area contributed by atoms with Gasteiger partial charge in [0.2, 0.25) is 5.91 Å². The molecule has 0 aliphatic carbocycles. The average Bonchev–Trinajstić information content (AvgIpc) is 3.18. The summed E-state index contributed by atoms with van der Waals surface area (Å²) in [6.07, 6.45) is -0.397. The van der Waals surface area contributed by atoms with E-state index in [0.717, 1.165) is 4.68 Å². The van der Waals surface area contributed by atoms with E-state index in [0.29, 0.717) is 53.8 Å². The zero-order valence-corrected chi connectivity index (χ0v) is 18.5. The monoisotopic (exact) mass is 459 g/mol. The topological polar surface area (TPSA) is 97.6 Å². The van der Waals surface area contributed by atoms with Crippen molar-refractivity contribution in [3.05, 3.63) is 45.4 Å². The van der Waals surface area contributed by atoms with Gasteiger partial charge >= 0.3 is 6.09 Å². The second kappa shape index (κ2) is 9.03. The summed E-state index contributed by atoms with van der Waals surface area (Å²) in [7, 11) is 0. The molecule has 0 atom stereocenters. The van der Waals surface area contributed by atoms with Crippen molar-refractivity contribution in [1.29, 1.82) is 0 Å². The number of carbonyl (C=O) groups is 2. The van der Waals surface area contributed by atoms with Crippen molar-refractivity contribution in [1.82, 2.24) is 24.6 Å². The van der Waals surface area contributed by atoms with Crippen LogP contribution in [0.3, 0.4) is 0 Å². The Labute approximate surface area is 187 Å². The zero-order valence-electron chi connectivity index (χ0n) is 17.7. The van der Waals surface area contributed by atoms with Crippen LogP contribution in [0.15, 0.2) is 29.1 Å². The lowest BCUT2D eigenvalue weighted by molar-refractivity contribution is -0.133. The summed E-state index contributed by atoms with van der Waals surface area (Å²) < 4.78 is 20.1. The smallest absolute Gasteiger partial charge is 0.409 e. The molecule has 0 bridgehead atoms. The van der Waals surface area contributed by atoms with E-state index in [1.807, 2.05) is 0 Å². The van der Waals surface area contributed by atoms with Crippen LogP contribution in [0.4, 0.5) is 9.18 Å². The van der Waals surface area contributed by atoms with Crippen molar-refractivity contribution in [2.45, 2.75) is 20.4 Å². The summed E-state index contributed by atoms with van der Waals surface area (Å²) in [5.74, 6) is -0.657. The van der Waals surface area contributed by atoms with Crippen molar-refractivity contribution >= 4 is 33.6 Å². The molecule has 0 N–H and O–H groups in total. The Morgan fingerprint density at radius 1 is 1.12 bits per heavy atom. The minimum Gasteiger partial charge on any atom is -0.450 e. The molecule has 1 saturated heterocycles. The molecule has 2 amide bonds. The predicted octanol–water partition coefficient (Wildman–Crippen LogP) is 2.27. The van der Waals surface area contributed by atoms with Crippen LogP contribution in [0.2, 0.25) is 0 Å². The molecule has 1 aliphatic rings. The highest BCUT2D eigenvalue weighted by molar-refractivity contribution is 7.19. The average molecular weight is 460 g/mol. The zero-order chi connectivity index (χ0) is 22.8. The van der Waals surface area contributed by atoms with Crippen molar-refractivity contribution < 1.29 is 18.7 Å². The number of piperazine rings is 1. The van der Waals surface area contributed by atoms with Gasteiger partial charge in [0.1, 0.15) is 18.1 Å². The number of aromatic nitrogens is 3. The lowest BCUT2D eigenvalue weighted by atomic mass is 10.1. The molecule has 0 spiro atoms. The van der Waals surface area contributed by atoms with Gasteiger partial charge < -0.3 is 14.5 Å². The van der Waals surface area contributed by atoms with E-state index in [1.165, 1.54) is 23.5 Å². The molecular formula is C21H22FN5O4S. The van der Waals surface area contributed by atoms with E-state index >= 15 is 0 Å². The van der Waals surface area contributed by atoms with E-state index in [1.54, 1.807) is 35.8 Å². The maximum absolute atomic E-state index is 13.4. The highest BCUT2D eigenvalue weighted by atomic mass is 32.1. The number of carbonyl (C=O) groups excluding carboxylic acids is 2. The molecule has 1 fully saturated rings. The summed E-state index contributed by atoms with van der Waals surface area (Å²) in [5, 5.41) is 5.13. The Morgan fingerprint density at radius 2 is 1.78 bits per heavy atom. The molecular weight excluding hydrogens is 437 g/mol. The molecule has 4 rings (SSSR count). The molecule has 0 saturated carbocycles. The summed E-state index contributed by atoms with van der Waals surface area (Å²) in [6, 6.07) is 5.80. The fourth-order valence-electron chi connectivity index (χ4n) is 3.55. The molecule has 3 aromatic rings. The van der Waals surface area contributed by atoms with Crippen LogP contribution in [-0.2, 0) is 16.1 Å². The first-order valence-corrected chi connectivity index (χ1v) is 11.0. The molecule has 3 heterocycles. The molecule has 1 aromatic carbocycles. The third-order valence-electron chi connectivity index (χ3n) is 5.17. The standard InChI is InChI=1S/C21H22FN5O4S/c1-3-31-21(30)26-10-8-25(9-11-26)16(28)12-27-20(29)18-19(32-13(2)23-18)17(24-27)14-4-6-15(22)7-5-14/h4-7H,3,8-12H2,1-2H3. The number of halogens is 1. The summed E-state index contributed by atoms with van der Waals surface area (Å²) in [5.41, 5.74) is 0.893. The lowest BCUT2D eigenvalue weighted by Crippen LogP contribution is -2.51. The maximum atomic E-state index is 13.4. The Morgan fingerprint density at radius 3 is 2.44 bits per heavy atom. The van der Waals surface area contributed by atoms with Gasteiger partial charge in [-0.1, -0.05) is 0 Å². The normalized spacial score (nSPS) is 14.1. The van der Waals surface area contributed by atoms with E-state index in [9.17, 15) is 18.8 Å². The van der Waals surface area contributed by atoms with Gasteiger partial charge in [0.25, 0.3) is 5.56 Å². The lowest BCUT2D eigenvalue weighted by Gasteiger charge is -2.34. The number of amides is 2. The molecule has 1 aliphatic heterocycles. The van der Waals surface area contributed by atoms with Crippen LogP contribution in [-0.4, -0.2) is 69.4 Å². The van der Waals surface area contributed by atoms with Crippen LogP contribution in [0.25, 0.3) is 21.5 Å². The summed E-state index contributed by atoms with van der Waals surface area (Å²) in [6.45, 7) is 4.97. The van der Waals surface area contributed by atoms with E-state index in [2.05, 4.69) is 10.1 Å². The second-order valence-corrected chi connectivity index (χ2v) is 8.50. The Kier molecular flexibility index (Phi) is 6.17. The van der Waals surface area contributed by atoms with E-state index in [-0.39, 0.29) is 23.8 Å². The number of thiazole rings is 1. The Balaban J connectivity index is 1.59. The summed E-state index contributed by atoms with van der Waals surface area (Å²) >= 11 is 1.33. The molecule has 11 heteroatoms. The van der Waals surface area contributed by atoms with Crippen molar-refractivity contribution in [2.75, 3.05) is 32.8 Å². The van der Waals surface area contributed by atoms with E-state index < -0.39 is 11.7 Å². The van der Waals surface area contributed by atoms with Gasteiger partial charge in [0, 0.05) is 31.7 Å². The largest absolute Gasteiger partial charge is 0.450 e. The quantitative estimate of drug-likeness (QED) is 0.594. The third kappa shape index (κ3) is 4.33. The Bertz CT molecular complexity index is 1220. The highest BCUT2D eigenvalue weighted by Crippen LogP contribution is 2.29. The van der Waals surface area contributed by atoms with E-state index in [4.69, 9.17) is 4.74 Å².